The molecular formula is C23H22F3N3O2S. The van der Waals surface area contributed by atoms with Crippen molar-refractivity contribution in [3.8, 4) is 16.5 Å². The molecule has 0 atom stereocenters. The van der Waals surface area contributed by atoms with E-state index in [2.05, 4.69) is 15.3 Å². The summed E-state index contributed by atoms with van der Waals surface area (Å²) >= 11 is 1.29. The SMILES string of the molecule is O=C(Cc1csc(-c2ccc(C(F)(F)F)cc2)n1)NCc1cccnc1OC1CCCC1. The summed E-state index contributed by atoms with van der Waals surface area (Å²) in [4.78, 5) is 21.1. The van der Waals surface area contributed by atoms with E-state index in [1.165, 1.54) is 23.5 Å². The summed E-state index contributed by atoms with van der Waals surface area (Å²) < 4.78 is 44.2. The van der Waals surface area contributed by atoms with Crippen LogP contribution in [0, 0.1) is 0 Å². The van der Waals surface area contributed by atoms with Crippen molar-refractivity contribution in [1.82, 2.24) is 15.3 Å². The van der Waals surface area contributed by atoms with Gasteiger partial charge in [-0.2, -0.15) is 13.2 Å². The number of nitrogens with one attached hydrogen (secondary N) is 1. The number of amides is 1. The van der Waals surface area contributed by atoms with Crippen molar-refractivity contribution >= 4 is 17.2 Å². The molecule has 2 aromatic heterocycles. The highest BCUT2D eigenvalue weighted by molar-refractivity contribution is 7.13. The molecule has 1 saturated carbocycles. The molecule has 4 rings (SSSR count). The topological polar surface area (TPSA) is 64.1 Å². The highest BCUT2D eigenvalue weighted by Gasteiger charge is 2.30. The third kappa shape index (κ3) is 5.64. The van der Waals surface area contributed by atoms with E-state index in [1.807, 2.05) is 6.07 Å². The number of thiazole rings is 1. The number of nitrogens with zero attached hydrogens (tertiary/aromatic N) is 2. The average Bonchev–Trinajstić information content (AvgIpc) is 3.45. The van der Waals surface area contributed by atoms with Crippen molar-refractivity contribution < 1.29 is 22.7 Å². The lowest BCUT2D eigenvalue weighted by Gasteiger charge is -2.15. The Labute approximate surface area is 187 Å². The number of halogens is 3. The van der Waals surface area contributed by atoms with E-state index in [9.17, 15) is 18.0 Å². The monoisotopic (exact) mass is 461 g/mol. The molecule has 0 saturated heterocycles. The fraction of sp³-hybridized carbons (Fsp3) is 0.348. The van der Waals surface area contributed by atoms with Gasteiger partial charge in [0, 0.05) is 29.2 Å². The molecule has 3 aromatic rings. The lowest BCUT2D eigenvalue weighted by atomic mass is 10.1. The molecule has 5 nitrogen and oxygen atoms in total. The Hall–Kier alpha value is -2.94. The minimum absolute atomic E-state index is 0.0796. The van der Waals surface area contributed by atoms with Crippen LogP contribution in [0.1, 0.15) is 42.5 Å². The molecule has 32 heavy (non-hydrogen) atoms. The van der Waals surface area contributed by atoms with Crippen molar-refractivity contribution in [2.75, 3.05) is 0 Å². The highest BCUT2D eigenvalue weighted by atomic mass is 32.1. The van der Waals surface area contributed by atoms with Crippen LogP contribution >= 0.6 is 11.3 Å². The smallest absolute Gasteiger partial charge is 0.416 e. The van der Waals surface area contributed by atoms with Gasteiger partial charge < -0.3 is 10.1 Å². The van der Waals surface area contributed by atoms with Crippen LogP contribution in [0.15, 0.2) is 48.0 Å². The predicted molar refractivity (Wildman–Crippen MR) is 115 cm³/mol. The molecule has 1 aliphatic rings. The van der Waals surface area contributed by atoms with Gasteiger partial charge in [0.15, 0.2) is 0 Å². The molecule has 0 spiro atoms. The molecule has 2 heterocycles. The minimum atomic E-state index is -4.37. The van der Waals surface area contributed by atoms with Crippen LogP contribution in [-0.2, 0) is 23.9 Å². The van der Waals surface area contributed by atoms with Crippen LogP contribution in [-0.4, -0.2) is 22.0 Å². The van der Waals surface area contributed by atoms with E-state index in [1.54, 1.807) is 17.6 Å². The van der Waals surface area contributed by atoms with Crippen molar-refractivity contribution in [3.05, 3.63) is 64.8 Å². The van der Waals surface area contributed by atoms with E-state index >= 15 is 0 Å². The Morgan fingerprint density at radius 2 is 1.91 bits per heavy atom. The molecule has 1 fully saturated rings. The molecule has 0 unspecified atom stereocenters. The second-order valence-electron chi connectivity index (χ2n) is 7.66. The first-order valence-corrected chi connectivity index (χ1v) is 11.3. The van der Waals surface area contributed by atoms with Gasteiger partial charge >= 0.3 is 6.18 Å². The lowest BCUT2D eigenvalue weighted by Crippen LogP contribution is -2.25. The summed E-state index contributed by atoms with van der Waals surface area (Å²) in [7, 11) is 0. The van der Waals surface area contributed by atoms with Crippen molar-refractivity contribution in [1.29, 1.82) is 0 Å². The number of pyridine rings is 1. The number of hydrogen-bond acceptors (Lipinski definition) is 5. The molecule has 0 aliphatic heterocycles. The van der Waals surface area contributed by atoms with Crippen LogP contribution in [0.25, 0.3) is 10.6 Å². The van der Waals surface area contributed by atoms with Gasteiger partial charge in [0.2, 0.25) is 11.8 Å². The zero-order chi connectivity index (χ0) is 22.6. The Bertz CT molecular complexity index is 1060. The summed E-state index contributed by atoms with van der Waals surface area (Å²) in [5.41, 5.74) is 1.26. The maximum Gasteiger partial charge on any atom is 0.416 e. The van der Waals surface area contributed by atoms with Gasteiger partial charge in [0.25, 0.3) is 0 Å². The van der Waals surface area contributed by atoms with E-state index in [4.69, 9.17) is 4.74 Å². The number of aromatic nitrogens is 2. The fourth-order valence-electron chi connectivity index (χ4n) is 3.57. The molecule has 0 bridgehead atoms. The maximum atomic E-state index is 12.7. The number of carbonyl (C=O) groups is 1. The van der Waals surface area contributed by atoms with Gasteiger partial charge in [-0.3, -0.25) is 4.79 Å². The zero-order valence-corrected chi connectivity index (χ0v) is 18.0. The Kier molecular flexibility index (Phi) is 6.74. The summed E-state index contributed by atoms with van der Waals surface area (Å²) in [6.45, 7) is 0.296. The van der Waals surface area contributed by atoms with Gasteiger partial charge in [0.1, 0.15) is 11.1 Å². The third-order valence-corrected chi connectivity index (χ3v) is 6.20. The average molecular weight is 462 g/mol. The molecule has 1 aromatic carbocycles. The quantitative estimate of drug-likeness (QED) is 0.511. The number of rotatable bonds is 7. The first kappa shape index (κ1) is 22.3. The maximum absolute atomic E-state index is 12.7. The van der Waals surface area contributed by atoms with Crippen molar-refractivity contribution in [2.24, 2.45) is 0 Å². The standard InChI is InChI=1S/C23H22F3N3O2S/c24-23(25,26)17-9-7-15(8-10-17)22-29-18(14-32-22)12-20(30)28-13-16-4-3-11-27-21(16)31-19-5-1-2-6-19/h3-4,7-11,14,19H,1-2,5-6,12-13H2,(H,28,30). The van der Waals surface area contributed by atoms with Crippen LogP contribution in [0.4, 0.5) is 13.2 Å². The second-order valence-corrected chi connectivity index (χ2v) is 8.52. The second kappa shape index (κ2) is 9.68. The predicted octanol–water partition coefficient (Wildman–Crippen LogP) is 5.40. The number of carbonyl (C=O) groups excluding carboxylic acids is 1. The lowest BCUT2D eigenvalue weighted by molar-refractivity contribution is -0.137. The summed E-state index contributed by atoms with van der Waals surface area (Å²) in [5.74, 6) is 0.350. The number of benzene rings is 1. The highest BCUT2D eigenvalue weighted by Crippen LogP contribution is 2.32. The van der Waals surface area contributed by atoms with Gasteiger partial charge in [-0.05, 0) is 43.9 Å². The number of hydrogen-bond donors (Lipinski definition) is 1. The molecule has 1 amide bonds. The Morgan fingerprint density at radius 1 is 1.16 bits per heavy atom. The minimum Gasteiger partial charge on any atom is -0.474 e. The van der Waals surface area contributed by atoms with Gasteiger partial charge in [-0.25, -0.2) is 9.97 Å². The van der Waals surface area contributed by atoms with Gasteiger partial charge in [-0.1, -0.05) is 18.2 Å². The fourth-order valence-corrected chi connectivity index (χ4v) is 4.40. The van der Waals surface area contributed by atoms with Gasteiger partial charge in [0.05, 0.1) is 17.7 Å². The van der Waals surface area contributed by atoms with Crippen molar-refractivity contribution in [3.63, 3.8) is 0 Å². The molecule has 168 valence electrons. The normalized spacial score (nSPS) is 14.5. The first-order chi connectivity index (χ1) is 15.4. The molecular weight excluding hydrogens is 439 g/mol. The van der Waals surface area contributed by atoms with Crippen LogP contribution < -0.4 is 10.1 Å². The zero-order valence-electron chi connectivity index (χ0n) is 17.2. The van der Waals surface area contributed by atoms with E-state index in [-0.39, 0.29) is 18.4 Å². The van der Waals surface area contributed by atoms with Crippen molar-refractivity contribution in [2.45, 2.75) is 50.9 Å². The van der Waals surface area contributed by atoms with E-state index < -0.39 is 11.7 Å². The number of ether oxygens (including phenoxy) is 1. The first-order valence-electron chi connectivity index (χ1n) is 10.4. The van der Waals surface area contributed by atoms with Crippen LogP contribution in [0.5, 0.6) is 5.88 Å². The van der Waals surface area contributed by atoms with Crippen LogP contribution in [0.2, 0.25) is 0 Å². The summed E-state index contributed by atoms with van der Waals surface area (Å²) in [5, 5.41) is 5.18. The molecule has 1 aliphatic carbocycles. The summed E-state index contributed by atoms with van der Waals surface area (Å²) in [6, 6.07) is 8.52. The van der Waals surface area contributed by atoms with Crippen LogP contribution in [0.3, 0.4) is 0 Å². The number of alkyl halides is 3. The van der Waals surface area contributed by atoms with Gasteiger partial charge in [-0.15, -0.1) is 11.3 Å². The van der Waals surface area contributed by atoms with E-state index in [0.29, 0.717) is 28.7 Å². The Balaban J connectivity index is 1.33. The third-order valence-electron chi connectivity index (χ3n) is 5.26. The molecule has 1 N–H and O–H groups in total. The molecule has 0 radical (unpaired) electrons. The van der Waals surface area contributed by atoms with E-state index in [0.717, 1.165) is 43.4 Å². The largest absolute Gasteiger partial charge is 0.474 e. The Morgan fingerprint density at radius 3 is 2.62 bits per heavy atom. The molecule has 9 heteroatoms. The summed E-state index contributed by atoms with van der Waals surface area (Å²) in [6.07, 6.45) is 1.92.